The summed E-state index contributed by atoms with van der Waals surface area (Å²) in [5.41, 5.74) is 3.76. The Kier molecular flexibility index (Phi) is 1.68. The van der Waals surface area contributed by atoms with E-state index in [9.17, 15) is 0 Å². The molecular formula is C10H12N6. The van der Waals surface area contributed by atoms with Crippen molar-refractivity contribution in [2.45, 2.75) is 6.92 Å². The van der Waals surface area contributed by atoms with Gasteiger partial charge in [-0.1, -0.05) is 0 Å². The maximum atomic E-state index is 4.50. The Hall–Kier alpha value is -2.11. The first-order valence-corrected chi connectivity index (χ1v) is 5.04. The molecule has 0 atom stereocenters. The maximum absolute atomic E-state index is 4.50. The molecule has 0 bridgehead atoms. The van der Waals surface area contributed by atoms with Crippen LogP contribution in [0.3, 0.4) is 0 Å². The Labute approximate surface area is 91.9 Å². The average molecular weight is 216 g/mol. The highest BCUT2D eigenvalue weighted by molar-refractivity contribution is 5.75. The SMILES string of the molecule is Cc1cc(-c2nc3c(cnn3C)[nH]2)n(C)n1. The van der Waals surface area contributed by atoms with Gasteiger partial charge in [0.15, 0.2) is 11.5 Å². The number of hydrogen-bond donors (Lipinski definition) is 1. The van der Waals surface area contributed by atoms with Crippen molar-refractivity contribution in [3.63, 3.8) is 0 Å². The van der Waals surface area contributed by atoms with E-state index in [2.05, 4.69) is 20.2 Å². The molecule has 6 nitrogen and oxygen atoms in total. The number of fused-ring (bicyclic) bond motifs is 1. The van der Waals surface area contributed by atoms with Crippen LogP contribution in [0, 0.1) is 6.92 Å². The minimum absolute atomic E-state index is 0.825. The summed E-state index contributed by atoms with van der Waals surface area (Å²) in [4.78, 5) is 7.73. The number of imidazole rings is 1. The third kappa shape index (κ3) is 1.16. The van der Waals surface area contributed by atoms with Crippen molar-refractivity contribution in [1.82, 2.24) is 29.5 Å². The predicted octanol–water partition coefficient (Wildman–Crippen LogP) is 1.01. The van der Waals surface area contributed by atoms with Crippen LogP contribution in [0.4, 0.5) is 0 Å². The van der Waals surface area contributed by atoms with Crippen LogP contribution in [0.2, 0.25) is 0 Å². The lowest BCUT2D eigenvalue weighted by molar-refractivity contribution is 0.758. The van der Waals surface area contributed by atoms with Gasteiger partial charge in [0, 0.05) is 14.1 Å². The summed E-state index contributed by atoms with van der Waals surface area (Å²) >= 11 is 0. The van der Waals surface area contributed by atoms with Gasteiger partial charge in [-0.2, -0.15) is 10.2 Å². The van der Waals surface area contributed by atoms with E-state index in [0.717, 1.165) is 28.4 Å². The van der Waals surface area contributed by atoms with Gasteiger partial charge in [-0.25, -0.2) is 9.67 Å². The fourth-order valence-electron chi connectivity index (χ4n) is 1.87. The van der Waals surface area contributed by atoms with Crippen LogP contribution in [0.25, 0.3) is 22.7 Å². The van der Waals surface area contributed by atoms with Gasteiger partial charge >= 0.3 is 0 Å². The van der Waals surface area contributed by atoms with Gasteiger partial charge in [-0.3, -0.25) is 4.68 Å². The average Bonchev–Trinajstić information content (AvgIpc) is 2.84. The van der Waals surface area contributed by atoms with E-state index in [1.807, 2.05) is 31.8 Å². The first kappa shape index (κ1) is 9.14. The van der Waals surface area contributed by atoms with Crippen molar-refractivity contribution in [2.24, 2.45) is 14.1 Å². The summed E-state index contributed by atoms with van der Waals surface area (Å²) in [7, 11) is 3.79. The van der Waals surface area contributed by atoms with Crippen molar-refractivity contribution < 1.29 is 0 Å². The molecule has 3 aromatic heterocycles. The quantitative estimate of drug-likeness (QED) is 0.660. The molecule has 0 aliphatic rings. The topological polar surface area (TPSA) is 64.3 Å². The van der Waals surface area contributed by atoms with E-state index in [1.54, 1.807) is 10.9 Å². The molecule has 0 saturated heterocycles. The number of aromatic nitrogens is 6. The molecule has 0 fully saturated rings. The minimum Gasteiger partial charge on any atom is -0.334 e. The molecule has 6 heteroatoms. The van der Waals surface area contributed by atoms with E-state index in [-0.39, 0.29) is 0 Å². The Morgan fingerprint density at radius 1 is 1.25 bits per heavy atom. The smallest absolute Gasteiger partial charge is 0.176 e. The van der Waals surface area contributed by atoms with Gasteiger partial charge in [0.2, 0.25) is 0 Å². The molecule has 0 radical (unpaired) electrons. The van der Waals surface area contributed by atoms with Crippen LogP contribution in [0.15, 0.2) is 12.3 Å². The highest BCUT2D eigenvalue weighted by Gasteiger charge is 2.12. The first-order valence-electron chi connectivity index (χ1n) is 5.04. The normalized spacial score (nSPS) is 11.4. The summed E-state index contributed by atoms with van der Waals surface area (Å²) in [5.74, 6) is 0.825. The Balaban J connectivity index is 2.22. The molecule has 0 saturated carbocycles. The zero-order valence-corrected chi connectivity index (χ0v) is 9.39. The molecule has 0 amide bonds. The molecule has 16 heavy (non-hydrogen) atoms. The number of nitrogens with one attached hydrogen (secondary N) is 1. The van der Waals surface area contributed by atoms with Gasteiger partial charge in [-0.15, -0.1) is 0 Å². The molecule has 0 aliphatic heterocycles. The predicted molar refractivity (Wildman–Crippen MR) is 59.8 cm³/mol. The Morgan fingerprint density at radius 2 is 2.06 bits per heavy atom. The van der Waals surface area contributed by atoms with E-state index in [4.69, 9.17) is 0 Å². The second-order valence-electron chi connectivity index (χ2n) is 3.89. The van der Waals surface area contributed by atoms with Crippen LogP contribution in [-0.2, 0) is 14.1 Å². The maximum Gasteiger partial charge on any atom is 0.176 e. The zero-order valence-electron chi connectivity index (χ0n) is 9.39. The number of nitrogens with zero attached hydrogens (tertiary/aromatic N) is 5. The third-order valence-electron chi connectivity index (χ3n) is 2.62. The van der Waals surface area contributed by atoms with Crippen molar-refractivity contribution in [2.75, 3.05) is 0 Å². The van der Waals surface area contributed by atoms with Crippen LogP contribution in [0.5, 0.6) is 0 Å². The van der Waals surface area contributed by atoms with E-state index in [0.29, 0.717) is 0 Å². The number of rotatable bonds is 1. The van der Waals surface area contributed by atoms with E-state index in [1.165, 1.54) is 0 Å². The molecule has 3 rings (SSSR count). The van der Waals surface area contributed by atoms with Crippen molar-refractivity contribution in [1.29, 1.82) is 0 Å². The fourth-order valence-corrected chi connectivity index (χ4v) is 1.87. The summed E-state index contributed by atoms with van der Waals surface area (Å²) in [6.07, 6.45) is 1.77. The first-order chi connectivity index (χ1) is 7.65. The van der Waals surface area contributed by atoms with Crippen molar-refractivity contribution >= 4 is 11.2 Å². The number of aryl methyl sites for hydroxylation is 3. The lowest BCUT2D eigenvalue weighted by atomic mass is 10.3. The second-order valence-corrected chi connectivity index (χ2v) is 3.89. The Bertz CT molecular complexity index is 656. The molecule has 3 aromatic rings. The number of H-pyrrole nitrogens is 1. The van der Waals surface area contributed by atoms with Gasteiger partial charge < -0.3 is 4.98 Å². The zero-order chi connectivity index (χ0) is 11.3. The van der Waals surface area contributed by atoms with Crippen LogP contribution < -0.4 is 0 Å². The van der Waals surface area contributed by atoms with Crippen LogP contribution in [0.1, 0.15) is 5.69 Å². The molecule has 0 spiro atoms. The second kappa shape index (κ2) is 2.94. The van der Waals surface area contributed by atoms with Gasteiger partial charge in [0.25, 0.3) is 0 Å². The number of hydrogen-bond acceptors (Lipinski definition) is 3. The number of aromatic amines is 1. The van der Waals surface area contributed by atoms with Crippen molar-refractivity contribution in [3.05, 3.63) is 18.0 Å². The molecule has 1 N–H and O–H groups in total. The van der Waals surface area contributed by atoms with E-state index >= 15 is 0 Å². The third-order valence-corrected chi connectivity index (χ3v) is 2.62. The van der Waals surface area contributed by atoms with Crippen molar-refractivity contribution in [3.8, 4) is 11.5 Å². The van der Waals surface area contributed by atoms with Gasteiger partial charge in [0.1, 0.15) is 11.2 Å². The molecule has 3 heterocycles. The largest absolute Gasteiger partial charge is 0.334 e. The summed E-state index contributed by atoms with van der Waals surface area (Å²) in [5, 5.41) is 8.42. The molecule has 0 aromatic carbocycles. The highest BCUT2D eigenvalue weighted by atomic mass is 15.3. The lowest BCUT2D eigenvalue weighted by Crippen LogP contribution is -1.95. The fraction of sp³-hybridized carbons (Fsp3) is 0.300. The van der Waals surface area contributed by atoms with Crippen LogP contribution >= 0.6 is 0 Å². The molecule has 0 aliphatic carbocycles. The summed E-state index contributed by atoms with van der Waals surface area (Å²) in [6, 6.07) is 2.01. The van der Waals surface area contributed by atoms with Gasteiger partial charge in [-0.05, 0) is 13.0 Å². The van der Waals surface area contributed by atoms with E-state index < -0.39 is 0 Å². The van der Waals surface area contributed by atoms with Crippen LogP contribution in [-0.4, -0.2) is 29.5 Å². The monoisotopic (exact) mass is 216 g/mol. The Morgan fingerprint density at radius 3 is 2.69 bits per heavy atom. The summed E-state index contributed by atoms with van der Waals surface area (Å²) < 4.78 is 3.57. The summed E-state index contributed by atoms with van der Waals surface area (Å²) in [6.45, 7) is 1.97. The van der Waals surface area contributed by atoms with Gasteiger partial charge in [0.05, 0.1) is 11.9 Å². The minimum atomic E-state index is 0.825. The highest BCUT2D eigenvalue weighted by Crippen LogP contribution is 2.19. The molecule has 0 unspecified atom stereocenters. The standard InChI is InChI=1S/C10H12N6/c1-6-4-8(15(2)14-6)9-12-7-5-11-16(3)10(7)13-9/h4-5H,1-3H3,(H,12,13). The molecule has 82 valence electrons. The lowest BCUT2D eigenvalue weighted by Gasteiger charge is -1.95. The molecular weight excluding hydrogens is 204 g/mol.